The molecule has 5 amide bonds. The molecule has 16 heteroatoms. The van der Waals surface area contributed by atoms with E-state index in [0.29, 0.717) is 6.42 Å². The van der Waals surface area contributed by atoms with Crippen LogP contribution in [0.1, 0.15) is 81.6 Å². The molecule has 0 spiro atoms. The van der Waals surface area contributed by atoms with E-state index in [1.807, 2.05) is 34.6 Å². The molecule has 2 rings (SSSR count). The maximum atomic E-state index is 14.1. The van der Waals surface area contributed by atoms with Gasteiger partial charge in [0.15, 0.2) is 0 Å². The molecule has 5 N–H and O–H groups in total. The van der Waals surface area contributed by atoms with Gasteiger partial charge in [-0.15, -0.1) is 23.5 Å². The van der Waals surface area contributed by atoms with Crippen LogP contribution in [0.25, 0.3) is 0 Å². The average Bonchev–Trinajstić information content (AvgIpc) is 3.68. The van der Waals surface area contributed by atoms with Crippen molar-refractivity contribution < 1.29 is 43.3 Å². The van der Waals surface area contributed by atoms with Crippen molar-refractivity contribution in [3.05, 3.63) is 0 Å². The van der Waals surface area contributed by atoms with Gasteiger partial charge >= 0.3 is 6.09 Å². The quantitative estimate of drug-likeness (QED) is 0.146. The highest BCUT2D eigenvalue weighted by atomic mass is 32.2. The zero-order valence-corrected chi connectivity index (χ0v) is 32.0. The normalized spacial score (nSPS) is 20.3. The maximum Gasteiger partial charge on any atom is 0.407 e. The molecule has 0 aliphatic carbocycles. The molecule has 0 aromatic heterocycles. The molecular formula is C33H57N5O9S2. The number of likely N-dealkylation sites (tertiary alicyclic amines) is 1. The van der Waals surface area contributed by atoms with E-state index in [0.717, 1.165) is 11.5 Å². The monoisotopic (exact) mass is 731 g/mol. The van der Waals surface area contributed by atoms with E-state index in [1.165, 1.54) is 4.90 Å². The van der Waals surface area contributed by atoms with Gasteiger partial charge in [-0.2, -0.15) is 0 Å². The Hall–Kier alpha value is -2.56. The number of aliphatic hydroxyl groups excluding tert-OH is 1. The predicted octanol–water partition coefficient (Wildman–Crippen LogP) is 1.82. The zero-order valence-electron chi connectivity index (χ0n) is 30.4. The molecule has 14 nitrogen and oxygen atoms in total. The molecule has 2 aliphatic heterocycles. The van der Waals surface area contributed by atoms with Crippen molar-refractivity contribution in [1.82, 2.24) is 26.2 Å². The van der Waals surface area contributed by atoms with Crippen LogP contribution >= 0.6 is 23.5 Å². The summed E-state index contributed by atoms with van der Waals surface area (Å²) in [7, 11) is 0. The number of carbonyl (C=O) groups excluding carboxylic acids is 6. The third-order valence-electron chi connectivity index (χ3n) is 7.65. The fourth-order valence-electron chi connectivity index (χ4n) is 5.39. The summed E-state index contributed by atoms with van der Waals surface area (Å²) < 4.78 is 11.4. The molecule has 2 fully saturated rings. The first-order chi connectivity index (χ1) is 22.8. The van der Waals surface area contributed by atoms with Crippen molar-refractivity contribution in [1.29, 1.82) is 0 Å². The number of carbonyl (C=O) groups is 6. The fraction of sp³-hybridized carbons (Fsp3) is 0.818. The van der Waals surface area contributed by atoms with E-state index < -0.39 is 83.3 Å². The van der Waals surface area contributed by atoms with E-state index in [-0.39, 0.29) is 43.1 Å². The van der Waals surface area contributed by atoms with Gasteiger partial charge in [0.05, 0.1) is 48.1 Å². The molecule has 5 unspecified atom stereocenters. The Kier molecular flexibility index (Phi) is 16.7. The number of aliphatic hydroxyl groups is 1. The SMILES string of the molecule is CCCC(NC(=O)C1CC(OC(C)(C)C)CN1C(=O)C(NC(=O)OCC(C)C)C(C)(C)C)C(=O)C(=O)NCC(=O)NC(CO)C1SCCS1. The second-order valence-corrected chi connectivity index (χ2v) is 17.7. The Morgan fingerprint density at radius 3 is 2.12 bits per heavy atom. The molecular weight excluding hydrogens is 675 g/mol. The van der Waals surface area contributed by atoms with Crippen molar-refractivity contribution in [3.63, 3.8) is 0 Å². The Morgan fingerprint density at radius 2 is 1.59 bits per heavy atom. The summed E-state index contributed by atoms with van der Waals surface area (Å²) in [5, 5.41) is 20.1. The second kappa shape index (κ2) is 19.2. The molecule has 280 valence electrons. The van der Waals surface area contributed by atoms with E-state index in [1.54, 1.807) is 51.2 Å². The number of nitrogens with zero attached hydrogens (tertiary/aromatic N) is 1. The average molecular weight is 732 g/mol. The molecule has 2 heterocycles. The largest absolute Gasteiger partial charge is 0.449 e. The molecule has 0 aromatic carbocycles. The Labute approximate surface area is 299 Å². The predicted molar refractivity (Wildman–Crippen MR) is 190 cm³/mol. The van der Waals surface area contributed by atoms with Gasteiger partial charge < -0.3 is 40.7 Å². The standard InChI is InChI=1S/C33H57N5O9S2/c1-10-11-21(25(41)28(43)34-15-24(40)35-22(17-39)30-48-12-13-49-30)36-27(42)23-14-20(47-33(7,8)9)16-38(23)29(44)26(32(4,5)6)37-31(45)46-18-19(2)3/h19-23,26,30,39H,10-18H2,1-9H3,(H,34,43)(H,35,40)(H,36,42)(H,37,45). The van der Waals surface area contributed by atoms with Gasteiger partial charge in [-0.3, -0.25) is 24.0 Å². The summed E-state index contributed by atoms with van der Waals surface area (Å²) >= 11 is 3.27. The van der Waals surface area contributed by atoms with Gasteiger partial charge in [-0.1, -0.05) is 48.0 Å². The number of amides is 5. The summed E-state index contributed by atoms with van der Waals surface area (Å²) in [6.07, 6.45) is -0.535. The summed E-state index contributed by atoms with van der Waals surface area (Å²) in [4.78, 5) is 80.6. The fourth-order valence-corrected chi connectivity index (χ4v) is 8.36. The number of rotatable bonds is 16. The van der Waals surface area contributed by atoms with Crippen LogP contribution in [0.15, 0.2) is 0 Å². The van der Waals surface area contributed by atoms with Crippen LogP contribution in [0.3, 0.4) is 0 Å². The minimum atomic E-state index is -1.21. The summed E-state index contributed by atoms with van der Waals surface area (Å²) in [6.45, 7) is 16.0. The summed E-state index contributed by atoms with van der Waals surface area (Å²) in [5.74, 6) is -1.75. The van der Waals surface area contributed by atoms with Gasteiger partial charge in [0.1, 0.15) is 12.1 Å². The number of Topliss-reactive ketones (excluding diaryl/α,β-unsaturated/α-hetero) is 1. The number of alkyl carbamates (subject to hydrolysis) is 1. The van der Waals surface area contributed by atoms with Crippen molar-refractivity contribution in [2.45, 2.75) is 122 Å². The van der Waals surface area contributed by atoms with E-state index in [2.05, 4.69) is 21.3 Å². The Morgan fingerprint density at radius 1 is 0.959 bits per heavy atom. The Bertz CT molecular complexity index is 1170. The van der Waals surface area contributed by atoms with Crippen molar-refractivity contribution in [2.75, 3.05) is 37.8 Å². The van der Waals surface area contributed by atoms with Gasteiger partial charge in [0, 0.05) is 24.5 Å². The van der Waals surface area contributed by atoms with Crippen LogP contribution in [-0.4, -0.2) is 124 Å². The third kappa shape index (κ3) is 13.9. The van der Waals surface area contributed by atoms with Crippen LogP contribution in [0, 0.1) is 11.3 Å². The van der Waals surface area contributed by atoms with Crippen LogP contribution in [0.4, 0.5) is 4.79 Å². The lowest BCUT2D eigenvalue weighted by Crippen LogP contribution is -2.59. The lowest BCUT2D eigenvalue weighted by Gasteiger charge is -2.35. The van der Waals surface area contributed by atoms with Crippen LogP contribution in [-0.2, 0) is 33.4 Å². The Balaban J connectivity index is 2.19. The molecule has 49 heavy (non-hydrogen) atoms. The molecule has 0 saturated carbocycles. The first-order valence-corrected chi connectivity index (χ1v) is 19.0. The van der Waals surface area contributed by atoms with Crippen molar-refractivity contribution in [3.8, 4) is 0 Å². The highest BCUT2D eigenvalue weighted by molar-refractivity contribution is 8.20. The highest BCUT2D eigenvalue weighted by Crippen LogP contribution is 2.34. The van der Waals surface area contributed by atoms with E-state index in [4.69, 9.17) is 9.47 Å². The molecule has 2 saturated heterocycles. The highest BCUT2D eigenvalue weighted by Gasteiger charge is 2.47. The minimum Gasteiger partial charge on any atom is -0.449 e. The molecule has 0 bridgehead atoms. The number of hydrogen-bond donors (Lipinski definition) is 5. The first kappa shape index (κ1) is 42.6. The van der Waals surface area contributed by atoms with Crippen LogP contribution in [0.5, 0.6) is 0 Å². The van der Waals surface area contributed by atoms with Crippen LogP contribution in [0.2, 0.25) is 0 Å². The lowest BCUT2D eigenvalue weighted by atomic mass is 9.85. The molecule has 0 aromatic rings. The summed E-state index contributed by atoms with van der Waals surface area (Å²) in [6, 6.07) is -3.80. The molecule has 5 atom stereocenters. The van der Waals surface area contributed by atoms with Crippen LogP contribution < -0.4 is 21.3 Å². The molecule has 2 aliphatic rings. The van der Waals surface area contributed by atoms with Gasteiger partial charge in [0.25, 0.3) is 5.91 Å². The molecule has 0 radical (unpaired) electrons. The van der Waals surface area contributed by atoms with Gasteiger partial charge in [-0.05, 0) is 38.5 Å². The zero-order chi connectivity index (χ0) is 37.1. The number of ketones is 1. The van der Waals surface area contributed by atoms with Gasteiger partial charge in [0.2, 0.25) is 23.5 Å². The van der Waals surface area contributed by atoms with Crippen molar-refractivity contribution >= 4 is 59.0 Å². The topological polar surface area (TPSA) is 192 Å². The third-order valence-corrected chi connectivity index (χ3v) is 10.9. The number of nitrogens with one attached hydrogen (secondary N) is 4. The van der Waals surface area contributed by atoms with E-state index in [9.17, 15) is 33.9 Å². The first-order valence-electron chi connectivity index (χ1n) is 16.9. The number of ether oxygens (including phenoxy) is 2. The number of hydrogen-bond acceptors (Lipinski definition) is 11. The lowest BCUT2D eigenvalue weighted by molar-refractivity contribution is -0.144. The maximum absolute atomic E-state index is 14.1. The van der Waals surface area contributed by atoms with Gasteiger partial charge in [-0.25, -0.2) is 4.79 Å². The second-order valence-electron chi connectivity index (χ2n) is 14.9. The van der Waals surface area contributed by atoms with Crippen molar-refractivity contribution in [2.24, 2.45) is 11.3 Å². The number of thioether (sulfide) groups is 2. The summed E-state index contributed by atoms with van der Waals surface area (Å²) in [5.41, 5.74) is -1.33. The smallest absolute Gasteiger partial charge is 0.407 e. The minimum absolute atomic E-state index is 0.000911. The van der Waals surface area contributed by atoms with E-state index >= 15 is 0 Å².